The summed E-state index contributed by atoms with van der Waals surface area (Å²) >= 11 is 5.74. The van der Waals surface area contributed by atoms with Crippen LogP contribution in [0.3, 0.4) is 0 Å². The Bertz CT molecular complexity index is 177. The first kappa shape index (κ1) is 11.6. The average Bonchev–Trinajstić information content (AvgIpc) is 2.74. The molecule has 3 nitrogen and oxygen atoms in total. The summed E-state index contributed by atoms with van der Waals surface area (Å²) in [6, 6.07) is 0. The molecule has 0 bridgehead atoms. The van der Waals surface area contributed by atoms with Gasteiger partial charge in [-0.2, -0.15) is 0 Å². The summed E-state index contributed by atoms with van der Waals surface area (Å²) in [5, 5.41) is 0. The van der Waals surface area contributed by atoms with Gasteiger partial charge in [0.1, 0.15) is 0 Å². The van der Waals surface area contributed by atoms with Gasteiger partial charge in [0.2, 0.25) is 0 Å². The molecule has 2 rings (SSSR count). The number of hydrogen-bond acceptors (Lipinski definition) is 3. The summed E-state index contributed by atoms with van der Waals surface area (Å²) in [6.07, 6.45) is 1.25. The lowest BCUT2D eigenvalue weighted by Crippen LogP contribution is -2.48. The van der Waals surface area contributed by atoms with Crippen molar-refractivity contribution in [2.45, 2.75) is 6.42 Å². The van der Waals surface area contributed by atoms with Crippen LogP contribution in [0.5, 0.6) is 0 Å². The molecule has 2 aliphatic rings. The summed E-state index contributed by atoms with van der Waals surface area (Å²) in [4.78, 5) is 5.03. The number of nitrogens with zero attached hydrogens (tertiary/aromatic N) is 2. The van der Waals surface area contributed by atoms with Crippen molar-refractivity contribution in [3.8, 4) is 0 Å². The Morgan fingerprint density at radius 2 is 1.87 bits per heavy atom. The minimum atomic E-state index is 0.760. The summed E-state index contributed by atoms with van der Waals surface area (Å²) in [6.45, 7) is 8.98. The standard InChI is InChI=1S/C11H21ClN2O/c12-2-3-13-4-6-14(7-5-13)9-11-1-8-15-10-11/h11H,1-10H2. The average molecular weight is 233 g/mol. The smallest absolute Gasteiger partial charge is 0.0507 e. The van der Waals surface area contributed by atoms with E-state index in [0.717, 1.165) is 31.6 Å². The van der Waals surface area contributed by atoms with Crippen LogP contribution in [-0.2, 0) is 4.74 Å². The van der Waals surface area contributed by atoms with Crippen LogP contribution in [-0.4, -0.2) is 68.2 Å². The molecule has 0 aromatic heterocycles. The third kappa shape index (κ3) is 3.59. The number of hydrogen-bond donors (Lipinski definition) is 0. The Hall–Kier alpha value is 0.170. The molecular formula is C11H21ClN2O. The molecule has 0 N–H and O–H groups in total. The van der Waals surface area contributed by atoms with Crippen molar-refractivity contribution in [2.75, 3.05) is 58.4 Å². The molecular weight excluding hydrogens is 212 g/mol. The van der Waals surface area contributed by atoms with Crippen molar-refractivity contribution in [3.05, 3.63) is 0 Å². The fourth-order valence-electron chi connectivity index (χ4n) is 2.41. The fourth-order valence-corrected chi connectivity index (χ4v) is 2.65. The third-order valence-electron chi connectivity index (χ3n) is 3.41. The maximum absolute atomic E-state index is 5.74. The van der Waals surface area contributed by atoms with E-state index in [1.165, 1.54) is 39.1 Å². The van der Waals surface area contributed by atoms with Crippen molar-refractivity contribution in [3.63, 3.8) is 0 Å². The van der Waals surface area contributed by atoms with Crippen molar-refractivity contribution >= 4 is 11.6 Å². The lowest BCUT2D eigenvalue weighted by molar-refractivity contribution is 0.114. The monoisotopic (exact) mass is 232 g/mol. The van der Waals surface area contributed by atoms with Crippen LogP contribution >= 0.6 is 11.6 Å². The van der Waals surface area contributed by atoms with Crippen molar-refractivity contribution in [2.24, 2.45) is 5.92 Å². The Morgan fingerprint density at radius 1 is 1.13 bits per heavy atom. The number of ether oxygens (including phenoxy) is 1. The number of piperazine rings is 1. The predicted octanol–water partition coefficient (Wildman–Crippen LogP) is 0.879. The van der Waals surface area contributed by atoms with Gasteiger partial charge in [0.05, 0.1) is 6.61 Å². The van der Waals surface area contributed by atoms with Gasteiger partial charge in [0, 0.05) is 51.8 Å². The molecule has 0 spiro atoms. The van der Waals surface area contributed by atoms with E-state index >= 15 is 0 Å². The molecule has 2 fully saturated rings. The third-order valence-corrected chi connectivity index (χ3v) is 3.58. The topological polar surface area (TPSA) is 15.7 Å². The van der Waals surface area contributed by atoms with Gasteiger partial charge in [-0.1, -0.05) is 0 Å². The maximum atomic E-state index is 5.74. The summed E-state index contributed by atoms with van der Waals surface area (Å²) in [5.74, 6) is 1.54. The van der Waals surface area contributed by atoms with Crippen molar-refractivity contribution < 1.29 is 4.74 Å². The van der Waals surface area contributed by atoms with Gasteiger partial charge in [0.25, 0.3) is 0 Å². The second-order valence-corrected chi connectivity index (χ2v) is 4.94. The largest absolute Gasteiger partial charge is 0.381 e. The molecule has 0 radical (unpaired) electrons. The molecule has 0 amide bonds. The van der Waals surface area contributed by atoms with E-state index in [4.69, 9.17) is 16.3 Å². The first-order valence-corrected chi connectivity index (χ1v) is 6.50. The Kier molecular flexibility index (Phi) is 4.69. The van der Waals surface area contributed by atoms with E-state index in [0.29, 0.717) is 0 Å². The second-order valence-electron chi connectivity index (χ2n) is 4.56. The Morgan fingerprint density at radius 3 is 2.47 bits per heavy atom. The minimum absolute atomic E-state index is 0.760. The highest BCUT2D eigenvalue weighted by atomic mass is 35.5. The van der Waals surface area contributed by atoms with Gasteiger partial charge in [-0.15, -0.1) is 11.6 Å². The molecule has 15 heavy (non-hydrogen) atoms. The highest BCUT2D eigenvalue weighted by Crippen LogP contribution is 2.15. The number of rotatable bonds is 4. The van der Waals surface area contributed by atoms with Crippen LogP contribution in [0, 0.1) is 5.92 Å². The van der Waals surface area contributed by atoms with Gasteiger partial charge < -0.3 is 9.64 Å². The molecule has 0 aromatic carbocycles. The van der Waals surface area contributed by atoms with Crippen LogP contribution < -0.4 is 0 Å². The molecule has 0 aliphatic carbocycles. The molecule has 4 heteroatoms. The van der Waals surface area contributed by atoms with E-state index in [-0.39, 0.29) is 0 Å². The number of halogens is 1. The van der Waals surface area contributed by atoms with Gasteiger partial charge in [-0.25, -0.2) is 0 Å². The second kappa shape index (κ2) is 6.04. The molecule has 0 aromatic rings. The van der Waals surface area contributed by atoms with Crippen LogP contribution in [0.25, 0.3) is 0 Å². The van der Waals surface area contributed by atoms with Crippen molar-refractivity contribution in [1.82, 2.24) is 9.80 Å². The summed E-state index contributed by atoms with van der Waals surface area (Å²) < 4.78 is 5.40. The quantitative estimate of drug-likeness (QED) is 0.670. The van der Waals surface area contributed by atoms with Crippen LogP contribution in [0.15, 0.2) is 0 Å². The lowest BCUT2D eigenvalue weighted by Gasteiger charge is -2.35. The molecule has 2 heterocycles. The van der Waals surface area contributed by atoms with E-state index in [9.17, 15) is 0 Å². The van der Waals surface area contributed by atoms with E-state index < -0.39 is 0 Å². The zero-order chi connectivity index (χ0) is 10.5. The van der Waals surface area contributed by atoms with Crippen LogP contribution in [0.2, 0.25) is 0 Å². The van der Waals surface area contributed by atoms with Gasteiger partial charge in [-0.3, -0.25) is 4.90 Å². The minimum Gasteiger partial charge on any atom is -0.381 e. The molecule has 1 atom stereocenters. The maximum Gasteiger partial charge on any atom is 0.0507 e. The Balaban J connectivity index is 1.64. The summed E-state index contributed by atoms with van der Waals surface area (Å²) in [5.41, 5.74) is 0. The van der Waals surface area contributed by atoms with Crippen LogP contribution in [0.4, 0.5) is 0 Å². The normalized spacial score (nSPS) is 29.8. The first-order chi connectivity index (χ1) is 7.38. The highest BCUT2D eigenvalue weighted by molar-refractivity contribution is 6.18. The van der Waals surface area contributed by atoms with Gasteiger partial charge in [0.15, 0.2) is 0 Å². The molecule has 2 saturated heterocycles. The van der Waals surface area contributed by atoms with Gasteiger partial charge >= 0.3 is 0 Å². The van der Waals surface area contributed by atoms with E-state index in [2.05, 4.69) is 9.80 Å². The molecule has 0 saturated carbocycles. The zero-order valence-corrected chi connectivity index (χ0v) is 10.1. The highest BCUT2D eigenvalue weighted by Gasteiger charge is 2.22. The zero-order valence-electron chi connectivity index (χ0n) is 9.33. The number of alkyl halides is 1. The fraction of sp³-hybridized carbons (Fsp3) is 1.00. The van der Waals surface area contributed by atoms with E-state index in [1.807, 2.05) is 0 Å². The summed E-state index contributed by atoms with van der Waals surface area (Å²) in [7, 11) is 0. The SMILES string of the molecule is ClCCN1CCN(CC2CCOC2)CC1. The van der Waals surface area contributed by atoms with E-state index in [1.54, 1.807) is 0 Å². The first-order valence-electron chi connectivity index (χ1n) is 5.97. The predicted molar refractivity (Wildman–Crippen MR) is 62.5 cm³/mol. The van der Waals surface area contributed by atoms with Gasteiger partial charge in [-0.05, 0) is 12.3 Å². The van der Waals surface area contributed by atoms with Crippen molar-refractivity contribution in [1.29, 1.82) is 0 Å². The molecule has 1 unspecified atom stereocenters. The molecule has 2 aliphatic heterocycles. The molecule has 88 valence electrons. The Labute approximate surface area is 97.3 Å². The van der Waals surface area contributed by atoms with Crippen LogP contribution in [0.1, 0.15) is 6.42 Å². The lowest BCUT2D eigenvalue weighted by atomic mass is 10.1.